The molecular formula is C20H22F2N2O4. The number of benzene rings is 1. The molecule has 8 heteroatoms. The summed E-state index contributed by atoms with van der Waals surface area (Å²) < 4.78 is 34.7. The first kappa shape index (κ1) is 20.1. The van der Waals surface area contributed by atoms with Crippen LogP contribution in [-0.2, 0) is 14.3 Å². The molecule has 28 heavy (non-hydrogen) atoms. The maximum absolute atomic E-state index is 12.7. The molecule has 1 unspecified atom stereocenters. The van der Waals surface area contributed by atoms with E-state index in [1.807, 2.05) is 0 Å². The number of ether oxygens (including phenoxy) is 2. The molecule has 0 amide bonds. The molecule has 0 bridgehead atoms. The molecule has 0 radical (unpaired) electrons. The molecule has 3 rings (SSSR count). The molecule has 6 nitrogen and oxygen atoms in total. The number of nitrogens with two attached hydrogens (primary N) is 1. The van der Waals surface area contributed by atoms with Gasteiger partial charge in [-0.05, 0) is 31.4 Å². The molecule has 1 heterocycles. The number of carbonyl (C=O) groups is 2. The van der Waals surface area contributed by atoms with Gasteiger partial charge < -0.3 is 20.0 Å². The number of allylic oxidation sites excluding steroid dienone is 1. The lowest BCUT2D eigenvalue weighted by Crippen LogP contribution is -2.31. The fourth-order valence-corrected chi connectivity index (χ4v) is 3.46. The molecule has 2 aliphatic rings. The summed E-state index contributed by atoms with van der Waals surface area (Å²) in [5.74, 6) is -0.754. The number of alkyl halides is 2. The standard InChI is InChI=1S/C20H22F2N2O4/c21-20(22)28-15-3-1-2-13(10-15)19(23)18-16(8-12(11-25)9-17(18)26)24-14-4-6-27-7-5-14/h1-3,10-12,14,20H,4-9,23H2/b19-18+,24-16?. The first-order valence-electron chi connectivity index (χ1n) is 9.16. The van der Waals surface area contributed by atoms with Gasteiger partial charge in [0.2, 0.25) is 0 Å². The van der Waals surface area contributed by atoms with Gasteiger partial charge in [-0.25, -0.2) is 0 Å². The number of aldehydes is 1. The van der Waals surface area contributed by atoms with E-state index >= 15 is 0 Å². The van der Waals surface area contributed by atoms with Crippen molar-refractivity contribution in [1.29, 1.82) is 0 Å². The molecular weight excluding hydrogens is 370 g/mol. The van der Waals surface area contributed by atoms with Gasteiger partial charge in [0, 0.05) is 36.8 Å². The number of carbonyl (C=O) groups excluding carboxylic acids is 2. The lowest BCUT2D eigenvalue weighted by molar-refractivity contribution is -0.120. The smallest absolute Gasteiger partial charge is 0.387 e. The van der Waals surface area contributed by atoms with Crippen LogP contribution >= 0.6 is 0 Å². The van der Waals surface area contributed by atoms with Crippen LogP contribution in [0.3, 0.4) is 0 Å². The zero-order valence-corrected chi connectivity index (χ0v) is 15.3. The van der Waals surface area contributed by atoms with Gasteiger partial charge in [-0.3, -0.25) is 9.79 Å². The molecule has 2 N–H and O–H groups in total. The number of aliphatic imine (C=N–C) groups is 1. The van der Waals surface area contributed by atoms with E-state index in [2.05, 4.69) is 4.74 Å². The molecule has 2 fully saturated rings. The molecule has 1 saturated carbocycles. The number of hydrogen-bond donors (Lipinski definition) is 1. The van der Waals surface area contributed by atoms with Crippen LogP contribution in [0.1, 0.15) is 31.2 Å². The van der Waals surface area contributed by atoms with Crippen molar-refractivity contribution in [2.24, 2.45) is 16.6 Å². The number of Topliss-reactive ketones (excluding diaryl/α,β-unsaturated/α-hetero) is 1. The maximum atomic E-state index is 12.7. The van der Waals surface area contributed by atoms with Gasteiger partial charge in [0.25, 0.3) is 0 Å². The van der Waals surface area contributed by atoms with Crippen molar-refractivity contribution in [3.8, 4) is 5.75 Å². The first-order valence-corrected chi connectivity index (χ1v) is 9.16. The minimum absolute atomic E-state index is 0.00162. The third-order valence-electron chi connectivity index (χ3n) is 4.83. The van der Waals surface area contributed by atoms with Crippen molar-refractivity contribution in [2.45, 2.75) is 38.3 Å². The van der Waals surface area contributed by atoms with Crippen LogP contribution in [-0.4, -0.2) is 43.6 Å². The molecule has 1 aromatic carbocycles. The van der Waals surface area contributed by atoms with E-state index in [0.717, 1.165) is 19.1 Å². The SMILES string of the molecule is N/C(=C1/C(=O)CC(C=O)CC1=NC1CCOCC1)c1cccc(OC(F)F)c1. The van der Waals surface area contributed by atoms with E-state index in [0.29, 0.717) is 30.9 Å². The van der Waals surface area contributed by atoms with E-state index in [-0.39, 0.29) is 35.3 Å². The lowest BCUT2D eigenvalue weighted by Gasteiger charge is -2.26. The molecule has 1 saturated heterocycles. The van der Waals surface area contributed by atoms with E-state index < -0.39 is 12.5 Å². The average Bonchev–Trinajstić information content (AvgIpc) is 2.67. The molecule has 0 aromatic heterocycles. The van der Waals surface area contributed by atoms with Crippen LogP contribution in [0.4, 0.5) is 8.78 Å². The Hall–Kier alpha value is -2.61. The summed E-state index contributed by atoms with van der Waals surface area (Å²) in [6.45, 7) is -1.78. The minimum atomic E-state index is -2.96. The normalized spacial score (nSPS) is 24.5. The Kier molecular flexibility index (Phi) is 6.51. The van der Waals surface area contributed by atoms with Gasteiger partial charge in [0.05, 0.1) is 17.3 Å². The van der Waals surface area contributed by atoms with E-state index in [9.17, 15) is 18.4 Å². The van der Waals surface area contributed by atoms with Crippen molar-refractivity contribution in [2.75, 3.05) is 13.2 Å². The van der Waals surface area contributed by atoms with Crippen LogP contribution in [0, 0.1) is 5.92 Å². The largest absolute Gasteiger partial charge is 0.435 e. The third kappa shape index (κ3) is 4.81. The zero-order valence-electron chi connectivity index (χ0n) is 15.3. The summed E-state index contributed by atoms with van der Waals surface area (Å²) in [6.07, 6.45) is 2.61. The third-order valence-corrected chi connectivity index (χ3v) is 4.83. The quantitative estimate of drug-likeness (QED) is 0.615. The Morgan fingerprint density at radius 3 is 2.71 bits per heavy atom. The van der Waals surface area contributed by atoms with Crippen molar-refractivity contribution >= 4 is 23.5 Å². The number of halogens is 2. The molecule has 1 aliphatic carbocycles. The summed E-state index contributed by atoms with van der Waals surface area (Å²) in [7, 11) is 0. The number of ketones is 1. The Bertz CT molecular complexity index is 801. The fraction of sp³-hybridized carbons (Fsp3) is 0.450. The van der Waals surface area contributed by atoms with Crippen LogP contribution in [0.25, 0.3) is 5.70 Å². The summed E-state index contributed by atoms with van der Waals surface area (Å²) in [6, 6.07) is 5.89. The highest BCUT2D eigenvalue weighted by molar-refractivity contribution is 6.29. The predicted molar refractivity (Wildman–Crippen MR) is 99.3 cm³/mol. The summed E-state index contributed by atoms with van der Waals surface area (Å²) in [5, 5.41) is 0. The van der Waals surface area contributed by atoms with Crippen LogP contribution < -0.4 is 10.5 Å². The van der Waals surface area contributed by atoms with Crippen molar-refractivity contribution < 1.29 is 27.8 Å². The zero-order chi connectivity index (χ0) is 20.1. The maximum Gasteiger partial charge on any atom is 0.387 e. The number of hydrogen-bond acceptors (Lipinski definition) is 6. The second-order valence-electron chi connectivity index (χ2n) is 6.84. The second kappa shape index (κ2) is 9.05. The van der Waals surface area contributed by atoms with Crippen LogP contribution in [0.2, 0.25) is 0 Å². The Balaban J connectivity index is 1.99. The molecule has 1 atom stereocenters. The monoisotopic (exact) mass is 392 g/mol. The first-order chi connectivity index (χ1) is 13.5. The summed E-state index contributed by atoms with van der Waals surface area (Å²) in [5.41, 5.74) is 7.57. The van der Waals surface area contributed by atoms with Gasteiger partial charge in [-0.15, -0.1) is 0 Å². The van der Waals surface area contributed by atoms with E-state index in [1.165, 1.54) is 18.2 Å². The fourth-order valence-electron chi connectivity index (χ4n) is 3.46. The van der Waals surface area contributed by atoms with Crippen molar-refractivity contribution in [1.82, 2.24) is 0 Å². The van der Waals surface area contributed by atoms with Crippen molar-refractivity contribution in [3.63, 3.8) is 0 Å². The Morgan fingerprint density at radius 1 is 1.29 bits per heavy atom. The van der Waals surface area contributed by atoms with E-state index in [4.69, 9.17) is 15.5 Å². The average molecular weight is 392 g/mol. The minimum Gasteiger partial charge on any atom is -0.435 e. The predicted octanol–water partition coefficient (Wildman–Crippen LogP) is 2.76. The number of nitrogens with zero attached hydrogens (tertiary/aromatic N) is 1. The lowest BCUT2D eigenvalue weighted by atomic mass is 9.82. The number of rotatable bonds is 5. The Morgan fingerprint density at radius 2 is 2.04 bits per heavy atom. The molecule has 150 valence electrons. The molecule has 0 spiro atoms. The van der Waals surface area contributed by atoms with Gasteiger partial charge in [0.1, 0.15) is 12.0 Å². The second-order valence-corrected chi connectivity index (χ2v) is 6.84. The topological polar surface area (TPSA) is 91.0 Å². The van der Waals surface area contributed by atoms with Gasteiger partial charge in [0.15, 0.2) is 5.78 Å². The van der Waals surface area contributed by atoms with Crippen LogP contribution in [0.5, 0.6) is 5.75 Å². The summed E-state index contributed by atoms with van der Waals surface area (Å²) in [4.78, 5) is 28.7. The molecule has 1 aliphatic heterocycles. The van der Waals surface area contributed by atoms with Crippen LogP contribution in [0.15, 0.2) is 34.8 Å². The van der Waals surface area contributed by atoms with Gasteiger partial charge in [-0.1, -0.05) is 12.1 Å². The highest BCUT2D eigenvalue weighted by Crippen LogP contribution is 2.29. The Labute approximate surface area is 161 Å². The highest BCUT2D eigenvalue weighted by atomic mass is 19.3. The van der Waals surface area contributed by atoms with Gasteiger partial charge in [-0.2, -0.15) is 8.78 Å². The summed E-state index contributed by atoms with van der Waals surface area (Å²) >= 11 is 0. The van der Waals surface area contributed by atoms with Crippen molar-refractivity contribution in [3.05, 3.63) is 35.4 Å². The van der Waals surface area contributed by atoms with Gasteiger partial charge >= 0.3 is 6.61 Å². The molecule has 1 aromatic rings. The van der Waals surface area contributed by atoms with E-state index in [1.54, 1.807) is 6.07 Å². The highest BCUT2D eigenvalue weighted by Gasteiger charge is 2.32.